The Morgan fingerprint density at radius 3 is 2.80 bits per heavy atom. The van der Waals surface area contributed by atoms with Crippen molar-refractivity contribution in [2.24, 2.45) is 5.41 Å². The molecule has 0 spiro atoms. The van der Waals surface area contributed by atoms with E-state index in [0.717, 1.165) is 16.5 Å². The summed E-state index contributed by atoms with van der Waals surface area (Å²) in [6, 6.07) is 14.3. The molecule has 0 bridgehead atoms. The molecular formula is C23H23N3O3S. The zero-order chi connectivity index (χ0) is 21.1. The molecule has 0 aliphatic carbocycles. The number of rotatable bonds is 1. The Hall–Kier alpha value is -3.06. The van der Waals surface area contributed by atoms with E-state index in [1.807, 2.05) is 50.2 Å². The van der Waals surface area contributed by atoms with Crippen LogP contribution in [-0.2, 0) is 9.84 Å². The summed E-state index contributed by atoms with van der Waals surface area (Å²) in [5, 5.41) is 18.0. The van der Waals surface area contributed by atoms with Gasteiger partial charge in [-0.15, -0.1) is 0 Å². The molecular weight excluding hydrogens is 398 g/mol. The molecule has 0 fully saturated rings. The van der Waals surface area contributed by atoms with Crippen LogP contribution in [0.2, 0.25) is 0 Å². The van der Waals surface area contributed by atoms with Crippen molar-refractivity contribution in [3.63, 3.8) is 0 Å². The Bertz CT molecular complexity index is 1310. The molecule has 3 heterocycles. The van der Waals surface area contributed by atoms with Gasteiger partial charge in [0.2, 0.25) is 0 Å². The number of hydrogen-bond acceptors (Lipinski definition) is 6. The SMILES string of the molecule is CC1(C)CC2=C(C(c3ccc4ncccc4c3)Nc3cccc(O)c3N2)S(=O)(=O)C1. The minimum Gasteiger partial charge on any atom is -0.506 e. The number of phenolic OH excluding ortho intramolecular Hbond substituents is 1. The summed E-state index contributed by atoms with van der Waals surface area (Å²) in [4.78, 5) is 4.71. The van der Waals surface area contributed by atoms with Crippen LogP contribution < -0.4 is 10.6 Å². The first kappa shape index (κ1) is 18.9. The van der Waals surface area contributed by atoms with Crippen LogP contribution in [0.1, 0.15) is 31.9 Å². The third-order valence-electron chi connectivity index (χ3n) is 5.71. The fraction of sp³-hybridized carbons (Fsp3) is 0.261. The number of para-hydroxylation sites is 1. The minimum atomic E-state index is -3.54. The quantitative estimate of drug-likeness (QED) is 0.499. The zero-order valence-electron chi connectivity index (χ0n) is 16.8. The number of sulfone groups is 1. The van der Waals surface area contributed by atoms with Crippen molar-refractivity contribution >= 4 is 32.1 Å². The van der Waals surface area contributed by atoms with Crippen LogP contribution in [0.5, 0.6) is 5.75 Å². The van der Waals surface area contributed by atoms with Gasteiger partial charge in [0.1, 0.15) is 11.4 Å². The van der Waals surface area contributed by atoms with E-state index in [2.05, 4.69) is 15.6 Å². The first-order valence-corrected chi connectivity index (χ1v) is 11.5. The number of allylic oxidation sites excluding steroid dienone is 1. The molecule has 0 radical (unpaired) electrons. The van der Waals surface area contributed by atoms with Gasteiger partial charge in [0.05, 0.1) is 27.9 Å². The molecule has 2 aliphatic rings. The first-order valence-electron chi connectivity index (χ1n) is 9.90. The van der Waals surface area contributed by atoms with Gasteiger partial charge in [-0.25, -0.2) is 8.42 Å². The predicted molar refractivity (Wildman–Crippen MR) is 119 cm³/mol. The number of phenols is 1. The lowest BCUT2D eigenvalue weighted by molar-refractivity contribution is 0.400. The van der Waals surface area contributed by atoms with Gasteiger partial charge in [0, 0.05) is 17.3 Å². The lowest BCUT2D eigenvalue weighted by Crippen LogP contribution is -2.35. The third-order valence-corrected chi connectivity index (χ3v) is 8.02. The molecule has 1 aromatic heterocycles. The number of pyridine rings is 1. The van der Waals surface area contributed by atoms with E-state index < -0.39 is 21.3 Å². The second-order valence-electron chi connectivity index (χ2n) is 8.80. The number of nitrogens with one attached hydrogen (secondary N) is 2. The topological polar surface area (TPSA) is 91.3 Å². The van der Waals surface area contributed by atoms with E-state index in [1.54, 1.807) is 18.3 Å². The molecule has 0 saturated carbocycles. The standard InChI is InChI=1S/C23H23N3O3S/c1-23(2)12-18-22(30(28,29)13-23)20(25-17-6-3-7-19(27)21(17)26-18)15-8-9-16-14(11-15)5-4-10-24-16/h3-11,20,25-27H,12-13H2,1-2H3. The van der Waals surface area contributed by atoms with Crippen LogP contribution in [-0.4, -0.2) is 24.3 Å². The number of aromatic hydroxyl groups is 1. The highest BCUT2D eigenvalue weighted by molar-refractivity contribution is 7.95. The van der Waals surface area contributed by atoms with E-state index in [1.165, 1.54) is 0 Å². The summed E-state index contributed by atoms with van der Waals surface area (Å²) in [5.41, 5.74) is 3.08. The molecule has 154 valence electrons. The normalized spacial score (nSPS) is 21.7. The van der Waals surface area contributed by atoms with Crippen molar-refractivity contribution in [2.45, 2.75) is 26.3 Å². The highest BCUT2D eigenvalue weighted by atomic mass is 32.2. The number of anilines is 2. The molecule has 0 saturated heterocycles. The molecule has 6 nitrogen and oxygen atoms in total. The van der Waals surface area contributed by atoms with Crippen molar-refractivity contribution in [3.05, 3.63) is 70.9 Å². The third kappa shape index (κ3) is 3.10. The van der Waals surface area contributed by atoms with Crippen molar-refractivity contribution in [2.75, 3.05) is 16.4 Å². The van der Waals surface area contributed by atoms with Crippen LogP contribution in [0, 0.1) is 5.41 Å². The highest BCUT2D eigenvalue weighted by Gasteiger charge is 2.43. The Labute approximate surface area is 175 Å². The summed E-state index contributed by atoms with van der Waals surface area (Å²) in [7, 11) is -3.54. The second kappa shape index (κ2) is 6.47. The number of aromatic nitrogens is 1. The maximum Gasteiger partial charge on any atom is 0.179 e. The number of benzene rings is 2. The van der Waals surface area contributed by atoms with E-state index >= 15 is 0 Å². The maximum absolute atomic E-state index is 13.5. The zero-order valence-corrected chi connectivity index (χ0v) is 17.6. The second-order valence-corrected chi connectivity index (χ2v) is 10.8. The number of nitrogens with zero attached hydrogens (tertiary/aromatic N) is 1. The Kier molecular flexibility index (Phi) is 4.08. The number of fused-ring (bicyclic) bond motifs is 2. The van der Waals surface area contributed by atoms with E-state index in [4.69, 9.17) is 0 Å². The fourth-order valence-electron chi connectivity index (χ4n) is 4.53. The average Bonchev–Trinajstić information content (AvgIpc) is 2.84. The summed E-state index contributed by atoms with van der Waals surface area (Å²) in [6.07, 6.45) is 2.31. The molecule has 2 aromatic carbocycles. The smallest absolute Gasteiger partial charge is 0.179 e. The molecule has 5 rings (SSSR count). The molecule has 2 aliphatic heterocycles. The van der Waals surface area contributed by atoms with Gasteiger partial charge in [0.15, 0.2) is 9.84 Å². The maximum atomic E-state index is 13.5. The molecule has 1 atom stereocenters. The van der Waals surface area contributed by atoms with E-state index in [9.17, 15) is 13.5 Å². The van der Waals surface area contributed by atoms with Crippen molar-refractivity contribution in [3.8, 4) is 5.75 Å². The van der Waals surface area contributed by atoms with Crippen molar-refractivity contribution in [1.82, 2.24) is 4.98 Å². The van der Waals surface area contributed by atoms with Crippen LogP contribution in [0.15, 0.2) is 65.3 Å². The first-order chi connectivity index (χ1) is 14.2. The van der Waals surface area contributed by atoms with Gasteiger partial charge in [-0.2, -0.15) is 0 Å². The van der Waals surface area contributed by atoms with Gasteiger partial charge in [-0.05, 0) is 47.7 Å². The van der Waals surface area contributed by atoms with Gasteiger partial charge in [-0.3, -0.25) is 4.98 Å². The van der Waals surface area contributed by atoms with Crippen LogP contribution in [0.25, 0.3) is 10.9 Å². The summed E-state index contributed by atoms with van der Waals surface area (Å²) < 4.78 is 26.9. The lowest BCUT2D eigenvalue weighted by atomic mass is 9.88. The number of hydrogen-bond donors (Lipinski definition) is 3. The Balaban J connectivity index is 1.76. The molecule has 1 unspecified atom stereocenters. The van der Waals surface area contributed by atoms with Gasteiger partial charge in [-0.1, -0.05) is 32.0 Å². The minimum absolute atomic E-state index is 0.0795. The Morgan fingerprint density at radius 2 is 1.97 bits per heavy atom. The molecule has 0 amide bonds. The Morgan fingerprint density at radius 1 is 1.13 bits per heavy atom. The van der Waals surface area contributed by atoms with Crippen molar-refractivity contribution < 1.29 is 13.5 Å². The summed E-state index contributed by atoms with van der Waals surface area (Å²) in [5.74, 6) is 0.159. The largest absolute Gasteiger partial charge is 0.506 e. The van der Waals surface area contributed by atoms with E-state index in [0.29, 0.717) is 28.4 Å². The van der Waals surface area contributed by atoms with Gasteiger partial charge in [0.25, 0.3) is 0 Å². The summed E-state index contributed by atoms with van der Waals surface area (Å²) in [6.45, 7) is 3.91. The fourth-order valence-corrected chi connectivity index (χ4v) is 6.87. The van der Waals surface area contributed by atoms with Gasteiger partial charge < -0.3 is 15.7 Å². The molecule has 3 N–H and O–H groups in total. The van der Waals surface area contributed by atoms with Crippen LogP contribution in [0.3, 0.4) is 0 Å². The molecule has 3 aromatic rings. The van der Waals surface area contributed by atoms with Crippen LogP contribution >= 0.6 is 0 Å². The lowest BCUT2D eigenvalue weighted by Gasteiger charge is -2.34. The van der Waals surface area contributed by atoms with Gasteiger partial charge >= 0.3 is 0 Å². The average molecular weight is 422 g/mol. The van der Waals surface area contributed by atoms with Crippen molar-refractivity contribution in [1.29, 1.82) is 0 Å². The monoisotopic (exact) mass is 421 g/mol. The van der Waals surface area contributed by atoms with E-state index in [-0.39, 0.29) is 11.5 Å². The highest BCUT2D eigenvalue weighted by Crippen LogP contribution is 2.48. The molecule has 7 heteroatoms. The molecule has 30 heavy (non-hydrogen) atoms. The van der Waals surface area contributed by atoms with Crippen LogP contribution in [0.4, 0.5) is 11.4 Å². The predicted octanol–water partition coefficient (Wildman–Crippen LogP) is 4.58. The summed E-state index contributed by atoms with van der Waals surface area (Å²) >= 11 is 0.